The zero-order valence-electron chi connectivity index (χ0n) is 11.1. The van der Waals surface area contributed by atoms with Gasteiger partial charge in [-0.3, -0.25) is 0 Å². The van der Waals surface area contributed by atoms with E-state index in [2.05, 4.69) is 5.32 Å². The molecule has 0 aliphatic rings. The number of nitriles is 1. The van der Waals surface area contributed by atoms with Crippen LogP contribution in [0.4, 0.5) is 4.39 Å². The largest absolute Gasteiger partial charge is 0.382 e. The van der Waals surface area contributed by atoms with Crippen LogP contribution in [0.1, 0.15) is 17.5 Å². The fraction of sp³-hybridized carbons (Fsp3) is 0.500. The molecule has 19 heavy (non-hydrogen) atoms. The maximum atomic E-state index is 13.7. The first-order valence-electron chi connectivity index (χ1n) is 6.24. The van der Waals surface area contributed by atoms with Crippen LogP contribution in [0, 0.1) is 17.1 Å². The van der Waals surface area contributed by atoms with Crippen molar-refractivity contribution in [1.82, 2.24) is 5.32 Å². The van der Waals surface area contributed by atoms with Gasteiger partial charge in [0.1, 0.15) is 11.9 Å². The summed E-state index contributed by atoms with van der Waals surface area (Å²) in [5.41, 5.74) is 0.599. The average Bonchev–Trinajstić information content (AvgIpc) is 2.43. The Kier molecular flexibility index (Phi) is 7.75. The highest BCUT2D eigenvalue weighted by Crippen LogP contribution is 2.11. The molecule has 0 radical (unpaired) electrons. The van der Waals surface area contributed by atoms with Crippen LogP contribution in [0.5, 0.6) is 0 Å². The lowest BCUT2D eigenvalue weighted by atomic mass is 10.1. The second-order valence-corrected chi connectivity index (χ2v) is 4.03. The average molecular weight is 266 g/mol. The van der Waals surface area contributed by atoms with Crippen LogP contribution >= 0.6 is 0 Å². The molecule has 0 saturated heterocycles. The number of halogens is 1. The lowest BCUT2D eigenvalue weighted by Gasteiger charge is -2.07. The molecule has 1 aromatic rings. The van der Waals surface area contributed by atoms with Crippen molar-refractivity contribution in [1.29, 1.82) is 5.26 Å². The van der Waals surface area contributed by atoms with E-state index < -0.39 is 5.82 Å². The van der Waals surface area contributed by atoms with E-state index in [1.807, 2.05) is 6.07 Å². The number of nitrogens with zero attached hydrogens (tertiary/aromatic N) is 1. The van der Waals surface area contributed by atoms with Crippen molar-refractivity contribution in [2.45, 2.75) is 13.0 Å². The van der Waals surface area contributed by atoms with Gasteiger partial charge in [0, 0.05) is 25.8 Å². The van der Waals surface area contributed by atoms with Gasteiger partial charge in [-0.2, -0.15) is 5.26 Å². The van der Waals surface area contributed by atoms with E-state index in [-0.39, 0.29) is 5.56 Å². The van der Waals surface area contributed by atoms with Crippen LogP contribution in [0.2, 0.25) is 0 Å². The van der Waals surface area contributed by atoms with Crippen LogP contribution in [0.3, 0.4) is 0 Å². The minimum absolute atomic E-state index is 0.0854. The maximum absolute atomic E-state index is 13.7. The lowest BCUT2D eigenvalue weighted by Crippen LogP contribution is -2.17. The molecule has 0 aliphatic carbocycles. The van der Waals surface area contributed by atoms with E-state index in [0.717, 1.165) is 13.0 Å². The quantitative estimate of drug-likeness (QED) is 0.693. The molecule has 1 N–H and O–H groups in total. The summed E-state index contributed by atoms with van der Waals surface area (Å²) in [7, 11) is 1.63. The van der Waals surface area contributed by atoms with Crippen molar-refractivity contribution < 1.29 is 13.9 Å². The Bertz CT molecular complexity index is 418. The third-order valence-corrected chi connectivity index (χ3v) is 2.59. The predicted molar refractivity (Wildman–Crippen MR) is 70.1 cm³/mol. The van der Waals surface area contributed by atoms with Gasteiger partial charge in [-0.05, 0) is 19.0 Å². The molecule has 0 aromatic heterocycles. The third kappa shape index (κ3) is 5.79. The zero-order valence-corrected chi connectivity index (χ0v) is 11.1. The van der Waals surface area contributed by atoms with E-state index >= 15 is 0 Å². The first-order chi connectivity index (χ1) is 9.29. The van der Waals surface area contributed by atoms with E-state index in [0.29, 0.717) is 31.9 Å². The molecule has 0 heterocycles. The number of hydrogen-bond acceptors (Lipinski definition) is 4. The highest BCUT2D eigenvalue weighted by molar-refractivity contribution is 5.34. The number of nitrogens with one attached hydrogen (secondary N) is 1. The molecular formula is C14H19FN2O2. The Morgan fingerprint density at radius 1 is 1.32 bits per heavy atom. The van der Waals surface area contributed by atoms with Gasteiger partial charge in [0.2, 0.25) is 0 Å². The topological polar surface area (TPSA) is 54.3 Å². The van der Waals surface area contributed by atoms with Gasteiger partial charge in [-0.25, -0.2) is 4.39 Å². The molecule has 0 amide bonds. The van der Waals surface area contributed by atoms with Crippen molar-refractivity contribution in [3.63, 3.8) is 0 Å². The van der Waals surface area contributed by atoms with Gasteiger partial charge < -0.3 is 14.8 Å². The molecule has 0 atom stereocenters. The van der Waals surface area contributed by atoms with Gasteiger partial charge >= 0.3 is 0 Å². The van der Waals surface area contributed by atoms with Crippen LogP contribution in [-0.2, 0) is 16.0 Å². The Morgan fingerprint density at radius 2 is 2.16 bits per heavy atom. The van der Waals surface area contributed by atoms with E-state index in [1.54, 1.807) is 19.2 Å². The first kappa shape index (κ1) is 15.6. The second kappa shape index (κ2) is 9.45. The summed E-state index contributed by atoms with van der Waals surface area (Å²) in [6.45, 7) is 2.99. The summed E-state index contributed by atoms with van der Waals surface area (Å²) in [5, 5.41) is 11.8. The van der Waals surface area contributed by atoms with E-state index in [1.165, 1.54) is 6.07 Å². The molecule has 0 aliphatic heterocycles. The first-order valence-corrected chi connectivity index (χ1v) is 6.24. The molecule has 1 rings (SSSR count). The highest BCUT2D eigenvalue weighted by Gasteiger charge is 2.06. The van der Waals surface area contributed by atoms with Gasteiger partial charge in [0.05, 0.1) is 18.8 Å². The number of methoxy groups -OCH3 is 1. The molecule has 0 fully saturated rings. The van der Waals surface area contributed by atoms with Crippen molar-refractivity contribution in [3.8, 4) is 6.07 Å². The van der Waals surface area contributed by atoms with Gasteiger partial charge in [-0.1, -0.05) is 12.1 Å². The van der Waals surface area contributed by atoms with Gasteiger partial charge in [0.15, 0.2) is 0 Å². The summed E-state index contributed by atoms with van der Waals surface area (Å²) in [4.78, 5) is 0. The number of rotatable bonds is 9. The van der Waals surface area contributed by atoms with Gasteiger partial charge in [-0.15, -0.1) is 0 Å². The number of ether oxygens (including phenoxy) is 2. The zero-order chi connectivity index (χ0) is 13.9. The maximum Gasteiger partial charge on any atom is 0.145 e. The Hall–Kier alpha value is -1.48. The van der Waals surface area contributed by atoms with Crippen LogP contribution < -0.4 is 5.32 Å². The number of benzene rings is 1. The summed E-state index contributed by atoms with van der Waals surface area (Å²) in [6.07, 6.45) is 0.850. The Morgan fingerprint density at radius 3 is 2.89 bits per heavy atom. The van der Waals surface area contributed by atoms with Crippen LogP contribution in [-0.4, -0.2) is 33.5 Å². The van der Waals surface area contributed by atoms with Crippen molar-refractivity contribution in [3.05, 3.63) is 35.1 Å². The molecule has 0 unspecified atom stereocenters. The standard InChI is InChI=1S/C14H19FN2O2/c1-18-8-9-19-7-3-6-17-11-13-5-2-4-12(10-16)14(13)15/h2,4-5,17H,3,6-9,11H2,1H3. The monoisotopic (exact) mass is 266 g/mol. The minimum atomic E-state index is -0.436. The highest BCUT2D eigenvalue weighted by atomic mass is 19.1. The van der Waals surface area contributed by atoms with Gasteiger partial charge in [0.25, 0.3) is 0 Å². The summed E-state index contributed by atoms with van der Waals surface area (Å²) in [6, 6.07) is 6.67. The molecule has 1 aromatic carbocycles. The molecule has 104 valence electrons. The van der Waals surface area contributed by atoms with Crippen LogP contribution in [0.25, 0.3) is 0 Å². The normalized spacial score (nSPS) is 10.4. The SMILES string of the molecule is COCCOCCCNCc1cccc(C#N)c1F. The van der Waals surface area contributed by atoms with Crippen molar-refractivity contribution in [2.24, 2.45) is 0 Å². The molecule has 0 saturated carbocycles. The molecule has 0 bridgehead atoms. The Labute approximate surface area is 113 Å². The number of hydrogen-bond donors (Lipinski definition) is 1. The molecule has 0 spiro atoms. The van der Waals surface area contributed by atoms with E-state index in [9.17, 15) is 4.39 Å². The molecule has 4 nitrogen and oxygen atoms in total. The third-order valence-electron chi connectivity index (χ3n) is 2.59. The molecule has 5 heteroatoms. The lowest BCUT2D eigenvalue weighted by molar-refractivity contribution is 0.0694. The predicted octanol–water partition coefficient (Wildman–Crippen LogP) is 1.84. The summed E-state index contributed by atoms with van der Waals surface area (Å²) in [5.74, 6) is -0.436. The molecular weight excluding hydrogens is 247 g/mol. The van der Waals surface area contributed by atoms with Crippen molar-refractivity contribution >= 4 is 0 Å². The van der Waals surface area contributed by atoms with Crippen LogP contribution in [0.15, 0.2) is 18.2 Å². The van der Waals surface area contributed by atoms with E-state index in [4.69, 9.17) is 14.7 Å². The smallest absolute Gasteiger partial charge is 0.145 e. The summed E-state index contributed by atoms with van der Waals surface area (Å²) >= 11 is 0. The Balaban J connectivity index is 2.18. The van der Waals surface area contributed by atoms with Crippen molar-refractivity contribution in [2.75, 3.05) is 33.5 Å². The summed E-state index contributed by atoms with van der Waals surface area (Å²) < 4.78 is 23.8. The second-order valence-electron chi connectivity index (χ2n) is 4.03. The fourth-order valence-corrected chi connectivity index (χ4v) is 1.57. The minimum Gasteiger partial charge on any atom is -0.382 e. The fourth-order valence-electron chi connectivity index (χ4n) is 1.57.